The summed E-state index contributed by atoms with van der Waals surface area (Å²) in [6.07, 6.45) is 2.92. The Balaban J connectivity index is 1.45. The van der Waals surface area contributed by atoms with E-state index in [2.05, 4.69) is 56.0 Å². The highest BCUT2D eigenvalue weighted by molar-refractivity contribution is 7.80. The predicted molar refractivity (Wildman–Crippen MR) is 154 cm³/mol. The van der Waals surface area contributed by atoms with Crippen LogP contribution in [0.1, 0.15) is 48.1 Å². The van der Waals surface area contributed by atoms with Gasteiger partial charge in [0.1, 0.15) is 0 Å². The normalized spacial score (nSPS) is 20.0. The lowest BCUT2D eigenvalue weighted by Gasteiger charge is -2.28. The van der Waals surface area contributed by atoms with Crippen molar-refractivity contribution in [1.82, 2.24) is 19.8 Å². The Labute approximate surface area is 230 Å². The third-order valence-electron chi connectivity index (χ3n) is 7.46. The summed E-state index contributed by atoms with van der Waals surface area (Å²) in [4.78, 5) is 20.9. The van der Waals surface area contributed by atoms with Crippen LogP contribution in [-0.2, 0) is 16.1 Å². The van der Waals surface area contributed by atoms with E-state index in [4.69, 9.17) is 17.0 Å². The summed E-state index contributed by atoms with van der Waals surface area (Å²) < 4.78 is 7.93. The quantitative estimate of drug-likeness (QED) is 0.418. The molecule has 0 bridgehead atoms. The molecular weight excluding hydrogens is 496 g/mol. The van der Waals surface area contributed by atoms with Crippen LogP contribution in [0.4, 0.5) is 11.4 Å². The van der Waals surface area contributed by atoms with E-state index in [1.54, 1.807) is 0 Å². The molecule has 2 fully saturated rings. The molecule has 1 amide bonds. The standard InChI is InChI=1S/C29H36N6O2S/c1-20-19-25(21(2)34(20)14-6-13-33-15-17-37-18-16-33)28-27(26-7-4-5-12-30-26)32-29(38)35(28)24-10-8-23(9-11-24)31-22(3)36/h4-5,7-12,19,27-28H,6,13-18H2,1-3H3,(H,31,36)(H,32,38). The van der Waals surface area contributed by atoms with Gasteiger partial charge >= 0.3 is 0 Å². The maximum absolute atomic E-state index is 11.5. The van der Waals surface area contributed by atoms with E-state index in [-0.39, 0.29) is 18.0 Å². The molecule has 2 N–H and O–H groups in total. The number of aromatic nitrogens is 2. The molecule has 0 saturated carbocycles. The SMILES string of the molecule is CC(=O)Nc1ccc(N2C(=S)NC(c3ccccn3)C2c2cc(C)n(CCCN3CCOCC3)c2C)cc1. The molecule has 2 aliphatic heterocycles. The molecule has 9 heteroatoms. The first-order valence-electron chi connectivity index (χ1n) is 13.3. The number of thiocarbonyl (C=S) groups is 1. The second-order valence-electron chi connectivity index (χ2n) is 10.0. The van der Waals surface area contributed by atoms with Crippen molar-refractivity contribution in [2.45, 2.75) is 45.8 Å². The van der Waals surface area contributed by atoms with Gasteiger partial charge in [0.05, 0.1) is 31.0 Å². The molecule has 4 heterocycles. The van der Waals surface area contributed by atoms with Gasteiger partial charge in [-0.3, -0.25) is 14.7 Å². The van der Waals surface area contributed by atoms with Crippen LogP contribution in [0.15, 0.2) is 54.7 Å². The number of nitrogens with one attached hydrogen (secondary N) is 2. The summed E-state index contributed by atoms with van der Waals surface area (Å²) in [5, 5.41) is 7.06. The number of ether oxygens (including phenoxy) is 1. The average Bonchev–Trinajstić information content (AvgIpc) is 3.40. The third kappa shape index (κ3) is 5.60. The van der Waals surface area contributed by atoms with Crippen LogP contribution in [-0.4, -0.2) is 58.3 Å². The van der Waals surface area contributed by atoms with Crippen molar-refractivity contribution in [2.24, 2.45) is 0 Å². The molecule has 2 unspecified atom stereocenters. The van der Waals surface area contributed by atoms with E-state index in [1.807, 2.05) is 42.6 Å². The molecule has 0 aliphatic carbocycles. The van der Waals surface area contributed by atoms with E-state index >= 15 is 0 Å². The monoisotopic (exact) mass is 532 g/mol. The number of carbonyl (C=O) groups is 1. The molecule has 3 aromatic rings. The fraction of sp³-hybridized carbons (Fsp3) is 0.414. The molecule has 2 aliphatic rings. The van der Waals surface area contributed by atoms with Crippen molar-refractivity contribution in [3.63, 3.8) is 0 Å². The lowest BCUT2D eigenvalue weighted by Crippen LogP contribution is -2.37. The minimum Gasteiger partial charge on any atom is -0.379 e. The summed E-state index contributed by atoms with van der Waals surface area (Å²) in [6.45, 7) is 11.7. The van der Waals surface area contributed by atoms with E-state index in [1.165, 1.54) is 23.9 Å². The number of carbonyl (C=O) groups excluding carboxylic acids is 1. The number of morpholine rings is 1. The molecule has 2 saturated heterocycles. The molecule has 2 atom stereocenters. The van der Waals surface area contributed by atoms with Crippen molar-refractivity contribution in [2.75, 3.05) is 43.1 Å². The van der Waals surface area contributed by atoms with E-state index < -0.39 is 0 Å². The Kier molecular flexibility index (Phi) is 8.06. The lowest BCUT2D eigenvalue weighted by atomic mass is 9.96. The first kappa shape index (κ1) is 26.3. The molecule has 8 nitrogen and oxygen atoms in total. The van der Waals surface area contributed by atoms with Gasteiger partial charge in [-0.15, -0.1) is 0 Å². The molecule has 2 aromatic heterocycles. The van der Waals surface area contributed by atoms with Crippen LogP contribution in [0.25, 0.3) is 0 Å². The Hall–Kier alpha value is -3.27. The van der Waals surface area contributed by atoms with Gasteiger partial charge in [-0.1, -0.05) is 6.07 Å². The second-order valence-corrected chi connectivity index (χ2v) is 10.4. The zero-order valence-electron chi connectivity index (χ0n) is 22.3. The van der Waals surface area contributed by atoms with Gasteiger partial charge in [0, 0.05) is 62.1 Å². The molecule has 0 spiro atoms. The highest BCUT2D eigenvalue weighted by atomic mass is 32.1. The lowest BCUT2D eigenvalue weighted by molar-refractivity contribution is -0.114. The zero-order valence-corrected chi connectivity index (χ0v) is 23.1. The van der Waals surface area contributed by atoms with Crippen LogP contribution in [0.5, 0.6) is 0 Å². The van der Waals surface area contributed by atoms with Crippen LogP contribution in [0.3, 0.4) is 0 Å². The van der Waals surface area contributed by atoms with Gasteiger partial charge in [-0.05, 0) is 80.5 Å². The minimum absolute atomic E-state index is 0.0665. The third-order valence-corrected chi connectivity index (χ3v) is 7.77. The molecule has 5 rings (SSSR count). The average molecular weight is 533 g/mol. The van der Waals surface area contributed by atoms with Crippen molar-refractivity contribution in [3.8, 4) is 0 Å². The Morgan fingerprint density at radius 2 is 1.89 bits per heavy atom. The maximum Gasteiger partial charge on any atom is 0.221 e. The van der Waals surface area contributed by atoms with E-state index in [0.29, 0.717) is 5.11 Å². The fourth-order valence-electron chi connectivity index (χ4n) is 5.61. The number of amides is 1. The van der Waals surface area contributed by atoms with Crippen molar-refractivity contribution >= 4 is 34.6 Å². The Morgan fingerprint density at radius 1 is 1.13 bits per heavy atom. The fourth-order valence-corrected chi connectivity index (χ4v) is 5.95. The van der Waals surface area contributed by atoms with E-state index in [0.717, 1.165) is 62.9 Å². The Bertz CT molecular complexity index is 1270. The summed E-state index contributed by atoms with van der Waals surface area (Å²) >= 11 is 5.90. The molecular formula is C29H36N6O2S. The van der Waals surface area contributed by atoms with Gasteiger partial charge in [0.2, 0.25) is 5.91 Å². The summed E-state index contributed by atoms with van der Waals surface area (Å²) in [7, 11) is 0. The second kappa shape index (κ2) is 11.6. The minimum atomic E-state index is -0.0963. The van der Waals surface area contributed by atoms with Crippen molar-refractivity contribution < 1.29 is 9.53 Å². The van der Waals surface area contributed by atoms with Crippen LogP contribution >= 0.6 is 12.2 Å². The van der Waals surface area contributed by atoms with Crippen molar-refractivity contribution in [1.29, 1.82) is 0 Å². The van der Waals surface area contributed by atoms with Gasteiger partial charge < -0.3 is 24.8 Å². The number of nitrogens with zero attached hydrogens (tertiary/aromatic N) is 4. The van der Waals surface area contributed by atoms with Crippen molar-refractivity contribution in [3.05, 3.63) is 77.4 Å². The molecule has 38 heavy (non-hydrogen) atoms. The van der Waals surface area contributed by atoms with Crippen LogP contribution in [0.2, 0.25) is 0 Å². The number of benzene rings is 1. The van der Waals surface area contributed by atoms with E-state index in [9.17, 15) is 4.79 Å². The van der Waals surface area contributed by atoms with Gasteiger partial charge in [-0.25, -0.2) is 0 Å². The summed E-state index contributed by atoms with van der Waals surface area (Å²) in [6, 6.07) is 16.0. The topological polar surface area (TPSA) is 74.7 Å². The largest absolute Gasteiger partial charge is 0.379 e. The van der Waals surface area contributed by atoms with Crippen LogP contribution in [0, 0.1) is 13.8 Å². The first-order valence-corrected chi connectivity index (χ1v) is 13.7. The summed E-state index contributed by atoms with van der Waals surface area (Å²) in [5.74, 6) is -0.0923. The molecule has 200 valence electrons. The number of anilines is 2. The number of rotatable bonds is 8. The number of aryl methyl sites for hydroxylation is 1. The highest BCUT2D eigenvalue weighted by Gasteiger charge is 2.42. The number of pyridine rings is 1. The van der Waals surface area contributed by atoms with Gasteiger partial charge in [0.25, 0.3) is 0 Å². The first-order chi connectivity index (χ1) is 18.4. The number of hydrogen-bond acceptors (Lipinski definition) is 5. The molecule has 0 radical (unpaired) electrons. The van der Waals surface area contributed by atoms with Gasteiger partial charge in [-0.2, -0.15) is 0 Å². The Morgan fingerprint density at radius 3 is 2.58 bits per heavy atom. The van der Waals surface area contributed by atoms with Crippen LogP contribution < -0.4 is 15.5 Å². The smallest absolute Gasteiger partial charge is 0.221 e. The summed E-state index contributed by atoms with van der Waals surface area (Å²) in [5.41, 5.74) is 6.42. The van der Waals surface area contributed by atoms with Gasteiger partial charge in [0.15, 0.2) is 5.11 Å². The predicted octanol–water partition coefficient (Wildman–Crippen LogP) is 4.36. The maximum atomic E-state index is 11.5. The highest BCUT2D eigenvalue weighted by Crippen LogP contribution is 2.43. The molecule has 1 aromatic carbocycles. The zero-order chi connectivity index (χ0) is 26.6. The number of hydrogen-bond donors (Lipinski definition) is 2.